The maximum Gasteiger partial charge on any atom is 0.274 e. The van der Waals surface area contributed by atoms with Crippen molar-refractivity contribution >= 4 is 11.5 Å². The number of para-hydroxylation sites is 1. The van der Waals surface area contributed by atoms with Crippen LogP contribution >= 0.6 is 0 Å². The predicted octanol–water partition coefficient (Wildman–Crippen LogP) is 2.18. The van der Waals surface area contributed by atoms with Gasteiger partial charge in [0.15, 0.2) is 5.78 Å². The van der Waals surface area contributed by atoms with Crippen LogP contribution in [0.4, 0.5) is 5.69 Å². The van der Waals surface area contributed by atoms with Gasteiger partial charge in [-0.25, -0.2) is 0 Å². The average Bonchev–Trinajstić information content (AvgIpc) is 2.30. The number of nitrogens with zero attached hydrogens (tertiary/aromatic N) is 2. The topological polar surface area (TPSA) is 84.0 Å². The molecule has 0 saturated heterocycles. The molecule has 0 aromatic heterocycles. The fraction of sp³-hybridized carbons (Fsp3) is 0.273. The van der Waals surface area contributed by atoms with Gasteiger partial charge >= 0.3 is 0 Å². The van der Waals surface area contributed by atoms with Crippen molar-refractivity contribution < 1.29 is 9.72 Å². The van der Waals surface area contributed by atoms with Crippen molar-refractivity contribution in [3.05, 3.63) is 39.9 Å². The van der Waals surface area contributed by atoms with Crippen LogP contribution in [0.15, 0.2) is 24.3 Å². The number of rotatable bonds is 4. The molecule has 0 heterocycles. The first-order valence-corrected chi connectivity index (χ1v) is 4.77. The number of ketones is 1. The fourth-order valence-corrected chi connectivity index (χ4v) is 1.42. The second-order valence-corrected chi connectivity index (χ2v) is 3.20. The lowest BCUT2D eigenvalue weighted by molar-refractivity contribution is -0.385. The molecular formula is C11H10N2O3. The maximum absolute atomic E-state index is 11.5. The predicted molar refractivity (Wildman–Crippen MR) is 56.7 cm³/mol. The Balaban J connectivity index is 3.26. The van der Waals surface area contributed by atoms with Crippen LogP contribution in [-0.2, 0) is 4.79 Å². The zero-order valence-electron chi connectivity index (χ0n) is 8.71. The van der Waals surface area contributed by atoms with E-state index in [4.69, 9.17) is 5.26 Å². The van der Waals surface area contributed by atoms with Crippen LogP contribution in [0.3, 0.4) is 0 Å². The highest BCUT2D eigenvalue weighted by Crippen LogP contribution is 2.27. The molecule has 0 unspecified atom stereocenters. The first-order valence-electron chi connectivity index (χ1n) is 4.77. The minimum Gasteiger partial charge on any atom is -0.298 e. The summed E-state index contributed by atoms with van der Waals surface area (Å²) in [6, 6.07) is 7.63. The maximum atomic E-state index is 11.5. The van der Waals surface area contributed by atoms with Crippen molar-refractivity contribution in [3.8, 4) is 6.07 Å². The van der Waals surface area contributed by atoms with Crippen LogP contribution in [0.1, 0.15) is 24.8 Å². The van der Waals surface area contributed by atoms with Gasteiger partial charge < -0.3 is 0 Å². The van der Waals surface area contributed by atoms with Crippen molar-refractivity contribution in [3.63, 3.8) is 0 Å². The number of carbonyl (C=O) groups is 1. The summed E-state index contributed by atoms with van der Waals surface area (Å²) >= 11 is 0. The smallest absolute Gasteiger partial charge is 0.274 e. The Bertz CT molecular complexity index is 463. The Labute approximate surface area is 92.5 Å². The molecule has 1 atom stereocenters. The summed E-state index contributed by atoms with van der Waals surface area (Å²) in [6.07, 6.45) is 0.185. The number of nitro groups is 1. The van der Waals surface area contributed by atoms with E-state index < -0.39 is 10.8 Å². The number of nitro benzene ring substituents is 1. The Morgan fingerprint density at radius 1 is 1.56 bits per heavy atom. The van der Waals surface area contributed by atoms with E-state index >= 15 is 0 Å². The molecule has 0 amide bonds. The van der Waals surface area contributed by atoms with Crippen LogP contribution in [0, 0.1) is 21.4 Å². The average molecular weight is 218 g/mol. The van der Waals surface area contributed by atoms with Gasteiger partial charge in [0.05, 0.1) is 16.6 Å². The molecule has 0 radical (unpaired) electrons. The molecule has 0 spiro atoms. The van der Waals surface area contributed by atoms with E-state index in [1.807, 2.05) is 6.07 Å². The second kappa shape index (κ2) is 5.03. The molecule has 1 rings (SSSR count). The molecule has 16 heavy (non-hydrogen) atoms. The number of Topliss-reactive ketones (excluding diaryl/α,β-unsaturated/α-hetero) is 1. The second-order valence-electron chi connectivity index (χ2n) is 3.20. The molecule has 82 valence electrons. The molecule has 0 fully saturated rings. The highest BCUT2D eigenvalue weighted by atomic mass is 16.6. The van der Waals surface area contributed by atoms with Gasteiger partial charge in [-0.2, -0.15) is 5.26 Å². The van der Waals surface area contributed by atoms with Crippen LogP contribution in [0.2, 0.25) is 0 Å². The SMILES string of the molecule is CCC(=O)[C@H](C#N)c1ccccc1[N+](=O)[O-]. The first kappa shape index (κ1) is 11.9. The molecular weight excluding hydrogens is 208 g/mol. The molecule has 0 saturated carbocycles. The summed E-state index contributed by atoms with van der Waals surface area (Å²) in [6.45, 7) is 1.63. The lowest BCUT2D eigenvalue weighted by Gasteiger charge is -2.07. The van der Waals surface area contributed by atoms with Crippen LogP contribution < -0.4 is 0 Å². The van der Waals surface area contributed by atoms with E-state index in [9.17, 15) is 14.9 Å². The minimum atomic E-state index is -1.05. The van der Waals surface area contributed by atoms with Gasteiger partial charge in [-0.05, 0) is 0 Å². The van der Waals surface area contributed by atoms with E-state index in [1.54, 1.807) is 13.0 Å². The van der Waals surface area contributed by atoms with Crippen molar-refractivity contribution in [2.24, 2.45) is 0 Å². The summed E-state index contributed by atoms with van der Waals surface area (Å²) in [7, 11) is 0. The van der Waals surface area contributed by atoms with Gasteiger partial charge in [0.2, 0.25) is 0 Å². The Kier molecular flexibility index (Phi) is 3.72. The van der Waals surface area contributed by atoms with Gasteiger partial charge in [-0.15, -0.1) is 0 Å². The van der Waals surface area contributed by atoms with Gasteiger partial charge in [0, 0.05) is 12.5 Å². The zero-order chi connectivity index (χ0) is 12.1. The standard InChI is InChI=1S/C11H10N2O3/c1-2-11(14)9(7-12)8-5-3-4-6-10(8)13(15)16/h3-6,9H,2H2,1H3/t9-/m1/s1. The number of benzene rings is 1. The van der Waals surface area contributed by atoms with E-state index in [0.29, 0.717) is 0 Å². The van der Waals surface area contributed by atoms with Crippen LogP contribution in [0.5, 0.6) is 0 Å². The van der Waals surface area contributed by atoms with E-state index in [0.717, 1.165) is 0 Å². The summed E-state index contributed by atoms with van der Waals surface area (Å²) < 4.78 is 0. The Hall–Kier alpha value is -2.22. The molecule has 5 nitrogen and oxygen atoms in total. The van der Waals surface area contributed by atoms with E-state index in [1.165, 1.54) is 18.2 Å². The van der Waals surface area contributed by atoms with Crippen molar-refractivity contribution in [1.82, 2.24) is 0 Å². The number of nitriles is 1. The van der Waals surface area contributed by atoms with Gasteiger partial charge in [-0.1, -0.05) is 25.1 Å². The summed E-state index contributed by atoms with van der Waals surface area (Å²) in [5.74, 6) is -1.36. The largest absolute Gasteiger partial charge is 0.298 e. The highest BCUT2D eigenvalue weighted by Gasteiger charge is 2.25. The third-order valence-electron chi connectivity index (χ3n) is 2.24. The third kappa shape index (κ3) is 2.23. The molecule has 1 aromatic carbocycles. The first-order chi connectivity index (χ1) is 7.61. The quantitative estimate of drug-likeness (QED) is 0.572. The van der Waals surface area contributed by atoms with Gasteiger partial charge in [0.1, 0.15) is 5.92 Å². The monoisotopic (exact) mass is 218 g/mol. The molecule has 5 heteroatoms. The Morgan fingerprint density at radius 2 is 2.19 bits per heavy atom. The van der Waals surface area contributed by atoms with Crippen molar-refractivity contribution in [1.29, 1.82) is 5.26 Å². The normalized spacial score (nSPS) is 11.5. The minimum absolute atomic E-state index is 0.168. The van der Waals surface area contributed by atoms with E-state index in [-0.39, 0.29) is 23.5 Å². The van der Waals surface area contributed by atoms with Crippen LogP contribution in [-0.4, -0.2) is 10.7 Å². The van der Waals surface area contributed by atoms with Crippen LogP contribution in [0.25, 0.3) is 0 Å². The molecule has 0 aliphatic heterocycles. The molecule has 0 N–H and O–H groups in total. The highest BCUT2D eigenvalue weighted by molar-refractivity contribution is 5.89. The summed E-state index contributed by atoms with van der Waals surface area (Å²) in [5, 5.41) is 19.6. The number of hydrogen-bond donors (Lipinski definition) is 0. The zero-order valence-corrected chi connectivity index (χ0v) is 8.71. The lowest BCUT2D eigenvalue weighted by atomic mass is 9.93. The number of hydrogen-bond acceptors (Lipinski definition) is 4. The van der Waals surface area contributed by atoms with Gasteiger partial charge in [0.25, 0.3) is 5.69 Å². The Morgan fingerprint density at radius 3 is 2.69 bits per heavy atom. The molecule has 1 aromatic rings. The third-order valence-corrected chi connectivity index (χ3v) is 2.24. The summed E-state index contributed by atoms with van der Waals surface area (Å²) in [5.41, 5.74) is -0.0160. The van der Waals surface area contributed by atoms with Crippen molar-refractivity contribution in [2.75, 3.05) is 0 Å². The fourth-order valence-electron chi connectivity index (χ4n) is 1.42. The van der Waals surface area contributed by atoms with Crippen molar-refractivity contribution in [2.45, 2.75) is 19.3 Å². The molecule has 0 aliphatic rings. The lowest BCUT2D eigenvalue weighted by Crippen LogP contribution is -2.11. The molecule has 0 aliphatic carbocycles. The summed E-state index contributed by atoms with van der Waals surface area (Å²) in [4.78, 5) is 21.6. The molecule has 0 bridgehead atoms. The number of carbonyl (C=O) groups excluding carboxylic acids is 1. The van der Waals surface area contributed by atoms with E-state index in [2.05, 4.69) is 0 Å². The van der Waals surface area contributed by atoms with Gasteiger partial charge in [-0.3, -0.25) is 14.9 Å².